The van der Waals surface area contributed by atoms with Gasteiger partial charge in [-0.3, -0.25) is 4.79 Å². The molecule has 2 heteroatoms. The standard InChI is InChI=1S/C13H15ClO/c1-9-6-7-10(8-12(9)14)11-4-2-3-5-13(11)15/h6-8,11H,2-5H2,1H3. The Morgan fingerprint density at radius 1 is 1.33 bits per heavy atom. The van der Waals surface area contributed by atoms with Crippen LogP contribution >= 0.6 is 11.6 Å². The molecule has 1 aliphatic carbocycles. The molecular weight excluding hydrogens is 208 g/mol. The van der Waals surface area contributed by atoms with Crippen molar-refractivity contribution in [1.29, 1.82) is 0 Å². The number of carbonyl (C=O) groups is 1. The van der Waals surface area contributed by atoms with Crippen molar-refractivity contribution in [3.63, 3.8) is 0 Å². The molecule has 1 aromatic carbocycles. The Morgan fingerprint density at radius 3 is 2.80 bits per heavy atom. The molecule has 0 aliphatic heterocycles. The summed E-state index contributed by atoms with van der Waals surface area (Å²) in [5.74, 6) is 0.470. The van der Waals surface area contributed by atoms with E-state index < -0.39 is 0 Å². The summed E-state index contributed by atoms with van der Waals surface area (Å²) in [5.41, 5.74) is 2.17. The van der Waals surface area contributed by atoms with Gasteiger partial charge < -0.3 is 0 Å². The highest BCUT2D eigenvalue weighted by molar-refractivity contribution is 6.31. The van der Waals surface area contributed by atoms with Crippen LogP contribution in [0, 0.1) is 6.92 Å². The average Bonchev–Trinajstić information content (AvgIpc) is 2.23. The van der Waals surface area contributed by atoms with Gasteiger partial charge in [0, 0.05) is 17.4 Å². The number of rotatable bonds is 1. The Hall–Kier alpha value is -0.820. The van der Waals surface area contributed by atoms with Crippen molar-refractivity contribution < 1.29 is 4.79 Å². The third-order valence-corrected chi connectivity index (χ3v) is 3.56. The first-order valence-electron chi connectivity index (χ1n) is 5.47. The van der Waals surface area contributed by atoms with Crippen molar-refractivity contribution in [1.82, 2.24) is 0 Å². The van der Waals surface area contributed by atoms with Gasteiger partial charge in [-0.15, -0.1) is 0 Å². The number of Topliss-reactive ketones (excluding diaryl/α,β-unsaturated/α-hetero) is 1. The molecule has 1 aliphatic rings. The van der Waals surface area contributed by atoms with Crippen molar-refractivity contribution in [2.45, 2.75) is 38.5 Å². The molecule has 0 N–H and O–H groups in total. The number of aryl methyl sites for hydroxylation is 1. The van der Waals surface area contributed by atoms with E-state index in [1.807, 2.05) is 25.1 Å². The second-order valence-electron chi connectivity index (χ2n) is 4.27. The summed E-state index contributed by atoms with van der Waals surface area (Å²) in [6.07, 6.45) is 3.92. The fourth-order valence-electron chi connectivity index (χ4n) is 2.16. The van der Waals surface area contributed by atoms with Gasteiger partial charge in [-0.1, -0.05) is 30.2 Å². The Labute approximate surface area is 95.4 Å². The summed E-state index contributed by atoms with van der Waals surface area (Å²) in [5, 5.41) is 0.769. The molecule has 1 atom stereocenters. The fourth-order valence-corrected chi connectivity index (χ4v) is 2.35. The van der Waals surface area contributed by atoms with Crippen LogP contribution in [0.2, 0.25) is 5.02 Å². The van der Waals surface area contributed by atoms with Crippen molar-refractivity contribution in [3.8, 4) is 0 Å². The van der Waals surface area contributed by atoms with Gasteiger partial charge in [0.2, 0.25) is 0 Å². The Kier molecular flexibility index (Phi) is 3.11. The SMILES string of the molecule is Cc1ccc(C2CCCCC2=O)cc1Cl. The minimum absolute atomic E-state index is 0.0943. The van der Waals surface area contributed by atoms with E-state index >= 15 is 0 Å². The summed E-state index contributed by atoms with van der Waals surface area (Å²) in [4.78, 5) is 11.7. The molecule has 1 nitrogen and oxygen atoms in total. The molecule has 1 saturated carbocycles. The van der Waals surface area contributed by atoms with Crippen LogP contribution in [-0.4, -0.2) is 5.78 Å². The lowest BCUT2D eigenvalue weighted by atomic mass is 9.83. The summed E-state index contributed by atoms with van der Waals surface area (Å²) in [6.45, 7) is 1.98. The molecular formula is C13H15ClO. The van der Waals surface area contributed by atoms with Gasteiger partial charge >= 0.3 is 0 Å². The molecule has 0 saturated heterocycles. The van der Waals surface area contributed by atoms with Gasteiger partial charge in [-0.25, -0.2) is 0 Å². The van der Waals surface area contributed by atoms with Gasteiger partial charge in [0.05, 0.1) is 0 Å². The van der Waals surface area contributed by atoms with Crippen LogP contribution in [0.15, 0.2) is 18.2 Å². The number of hydrogen-bond donors (Lipinski definition) is 0. The molecule has 0 bridgehead atoms. The second kappa shape index (κ2) is 4.36. The highest BCUT2D eigenvalue weighted by Gasteiger charge is 2.23. The maximum Gasteiger partial charge on any atom is 0.140 e. The van der Waals surface area contributed by atoms with Gasteiger partial charge in [0.25, 0.3) is 0 Å². The fraction of sp³-hybridized carbons (Fsp3) is 0.462. The normalized spacial score (nSPS) is 21.7. The van der Waals surface area contributed by atoms with E-state index in [0.717, 1.165) is 41.8 Å². The van der Waals surface area contributed by atoms with Gasteiger partial charge in [0.1, 0.15) is 5.78 Å². The van der Waals surface area contributed by atoms with E-state index in [2.05, 4.69) is 0 Å². The lowest BCUT2D eigenvalue weighted by Crippen LogP contribution is -2.16. The minimum atomic E-state index is 0.0943. The van der Waals surface area contributed by atoms with Crippen molar-refractivity contribution in [2.75, 3.05) is 0 Å². The Morgan fingerprint density at radius 2 is 2.13 bits per heavy atom. The van der Waals surface area contributed by atoms with Crippen LogP contribution < -0.4 is 0 Å². The van der Waals surface area contributed by atoms with E-state index in [0.29, 0.717) is 5.78 Å². The van der Waals surface area contributed by atoms with Crippen molar-refractivity contribution >= 4 is 17.4 Å². The Bertz CT molecular complexity index is 384. The number of carbonyl (C=O) groups excluding carboxylic acids is 1. The van der Waals surface area contributed by atoms with Crippen molar-refractivity contribution in [2.24, 2.45) is 0 Å². The smallest absolute Gasteiger partial charge is 0.140 e. The second-order valence-corrected chi connectivity index (χ2v) is 4.68. The quantitative estimate of drug-likeness (QED) is 0.705. The number of benzene rings is 1. The maximum absolute atomic E-state index is 11.7. The van der Waals surface area contributed by atoms with E-state index in [1.165, 1.54) is 0 Å². The number of ketones is 1. The lowest BCUT2D eigenvalue weighted by Gasteiger charge is -2.21. The predicted molar refractivity (Wildman–Crippen MR) is 62.4 cm³/mol. The number of hydrogen-bond acceptors (Lipinski definition) is 1. The molecule has 0 radical (unpaired) electrons. The van der Waals surface area contributed by atoms with Gasteiger partial charge in [0.15, 0.2) is 0 Å². The first kappa shape index (κ1) is 10.7. The molecule has 80 valence electrons. The lowest BCUT2D eigenvalue weighted by molar-refractivity contribution is -0.121. The third kappa shape index (κ3) is 2.23. The Balaban J connectivity index is 2.28. The predicted octanol–water partition coefficient (Wildman–Crippen LogP) is 3.88. The number of halogens is 1. The monoisotopic (exact) mass is 222 g/mol. The summed E-state index contributed by atoms with van der Waals surface area (Å²) in [7, 11) is 0. The molecule has 0 amide bonds. The molecule has 2 rings (SSSR count). The van der Waals surface area contributed by atoms with E-state index in [-0.39, 0.29) is 5.92 Å². The molecule has 0 spiro atoms. The zero-order valence-electron chi connectivity index (χ0n) is 8.92. The molecule has 1 unspecified atom stereocenters. The van der Waals surface area contributed by atoms with Crippen LogP contribution in [-0.2, 0) is 4.79 Å². The first-order chi connectivity index (χ1) is 7.18. The van der Waals surface area contributed by atoms with Crippen LogP contribution in [0.25, 0.3) is 0 Å². The van der Waals surface area contributed by atoms with E-state index in [1.54, 1.807) is 0 Å². The van der Waals surface area contributed by atoms with E-state index in [4.69, 9.17) is 11.6 Å². The van der Waals surface area contributed by atoms with Crippen LogP contribution in [0.1, 0.15) is 42.7 Å². The average molecular weight is 223 g/mol. The summed E-state index contributed by atoms with van der Waals surface area (Å²) in [6, 6.07) is 5.99. The zero-order valence-corrected chi connectivity index (χ0v) is 9.68. The molecule has 1 aromatic rings. The third-order valence-electron chi connectivity index (χ3n) is 3.15. The highest BCUT2D eigenvalue weighted by atomic mass is 35.5. The van der Waals surface area contributed by atoms with Gasteiger partial charge in [-0.05, 0) is 37.0 Å². The summed E-state index contributed by atoms with van der Waals surface area (Å²) >= 11 is 6.07. The maximum atomic E-state index is 11.7. The van der Waals surface area contributed by atoms with Gasteiger partial charge in [-0.2, -0.15) is 0 Å². The van der Waals surface area contributed by atoms with Crippen LogP contribution in [0.4, 0.5) is 0 Å². The largest absolute Gasteiger partial charge is 0.299 e. The molecule has 1 fully saturated rings. The highest BCUT2D eigenvalue weighted by Crippen LogP contribution is 2.31. The molecule has 15 heavy (non-hydrogen) atoms. The minimum Gasteiger partial charge on any atom is -0.299 e. The van der Waals surface area contributed by atoms with Crippen LogP contribution in [0.5, 0.6) is 0 Å². The summed E-state index contributed by atoms with van der Waals surface area (Å²) < 4.78 is 0. The molecule has 0 aromatic heterocycles. The first-order valence-corrected chi connectivity index (χ1v) is 5.85. The van der Waals surface area contributed by atoms with Crippen molar-refractivity contribution in [3.05, 3.63) is 34.3 Å². The van der Waals surface area contributed by atoms with Crippen LogP contribution in [0.3, 0.4) is 0 Å². The zero-order chi connectivity index (χ0) is 10.8. The topological polar surface area (TPSA) is 17.1 Å². The molecule has 0 heterocycles. The van der Waals surface area contributed by atoms with E-state index in [9.17, 15) is 4.79 Å².